The molecular formula is C15H24N2O3S. The molecule has 0 unspecified atom stereocenters. The zero-order valence-corrected chi connectivity index (χ0v) is 14.0. The highest BCUT2D eigenvalue weighted by molar-refractivity contribution is 7.89. The number of rotatable bonds is 8. The fourth-order valence-electron chi connectivity index (χ4n) is 1.92. The summed E-state index contributed by atoms with van der Waals surface area (Å²) in [5.41, 5.74) is 0.518. The first-order valence-electron chi connectivity index (χ1n) is 7.05. The van der Waals surface area contributed by atoms with Crippen molar-refractivity contribution < 1.29 is 13.2 Å². The number of sulfonamides is 1. The zero-order chi connectivity index (χ0) is 16.0. The van der Waals surface area contributed by atoms with E-state index in [2.05, 4.69) is 0 Å². The van der Waals surface area contributed by atoms with Crippen LogP contribution in [0, 0.1) is 0 Å². The average molecular weight is 312 g/mol. The van der Waals surface area contributed by atoms with Crippen LogP contribution in [0.1, 0.15) is 30.6 Å². The Balaban J connectivity index is 3.01. The molecule has 21 heavy (non-hydrogen) atoms. The Morgan fingerprint density at radius 1 is 1.05 bits per heavy atom. The fourth-order valence-corrected chi connectivity index (χ4v) is 3.45. The lowest BCUT2D eigenvalue weighted by Gasteiger charge is -2.23. The number of likely N-dealkylation sites (N-methyl/N-ethyl adjacent to an activating group) is 1. The minimum atomic E-state index is -3.51. The van der Waals surface area contributed by atoms with Crippen molar-refractivity contribution in [1.82, 2.24) is 9.21 Å². The van der Waals surface area contributed by atoms with Gasteiger partial charge in [0.2, 0.25) is 10.0 Å². The van der Waals surface area contributed by atoms with E-state index in [0.29, 0.717) is 25.2 Å². The third kappa shape index (κ3) is 4.91. The minimum absolute atomic E-state index is 0.0722. The summed E-state index contributed by atoms with van der Waals surface area (Å²) < 4.78 is 26.8. The number of hydrogen-bond acceptors (Lipinski definition) is 4. The van der Waals surface area contributed by atoms with Gasteiger partial charge in [0, 0.05) is 25.2 Å². The van der Waals surface area contributed by atoms with Gasteiger partial charge in [0.1, 0.15) is 0 Å². The lowest BCUT2D eigenvalue weighted by atomic mass is 10.2. The minimum Gasteiger partial charge on any atom is -0.308 e. The highest BCUT2D eigenvalue weighted by Gasteiger charge is 2.23. The maximum atomic E-state index is 12.6. The molecule has 0 fully saturated rings. The second-order valence-corrected chi connectivity index (χ2v) is 7.23. The molecule has 1 aromatic carbocycles. The number of benzene rings is 1. The van der Waals surface area contributed by atoms with Crippen LogP contribution >= 0.6 is 0 Å². The standard InChI is InChI=1S/C15H24N2O3S/c1-5-10-17(12-11-16(3)4)21(19,20)15-8-6-14(7-9-15)13(2)18/h6-9H,5,10-12H2,1-4H3. The van der Waals surface area contributed by atoms with Crippen LogP contribution < -0.4 is 0 Å². The zero-order valence-electron chi connectivity index (χ0n) is 13.2. The molecule has 0 spiro atoms. The Bertz CT molecular complexity index is 565. The van der Waals surface area contributed by atoms with E-state index in [4.69, 9.17) is 0 Å². The molecule has 0 aromatic heterocycles. The van der Waals surface area contributed by atoms with Gasteiger partial charge in [-0.1, -0.05) is 19.1 Å². The van der Waals surface area contributed by atoms with E-state index in [1.165, 1.54) is 23.4 Å². The lowest BCUT2D eigenvalue weighted by molar-refractivity contribution is 0.101. The van der Waals surface area contributed by atoms with Crippen LogP contribution in [0.2, 0.25) is 0 Å². The lowest BCUT2D eigenvalue weighted by Crippen LogP contribution is -2.37. The summed E-state index contributed by atoms with van der Waals surface area (Å²) in [6.45, 7) is 5.04. The van der Waals surface area contributed by atoms with Gasteiger partial charge in [0.25, 0.3) is 0 Å². The van der Waals surface area contributed by atoms with Crippen LogP contribution in [0.3, 0.4) is 0 Å². The van der Waals surface area contributed by atoms with Crippen LogP contribution in [-0.2, 0) is 10.0 Å². The van der Waals surface area contributed by atoms with Gasteiger partial charge < -0.3 is 4.90 Å². The van der Waals surface area contributed by atoms with Crippen molar-refractivity contribution in [3.63, 3.8) is 0 Å². The van der Waals surface area contributed by atoms with Gasteiger partial charge in [-0.3, -0.25) is 4.79 Å². The summed E-state index contributed by atoms with van der Waals surface area (Å²) in [5, 5.41) is 0. The molecule has 0 saturated heterocycles. The molecule has 0 heterocycles. The molecule has 0 saturated carbocycles. The first-order chi connectivity index (χ1) is 9.78. The van der Waals surface area contributed by atoms with Gasteiger partial charge in [0.05, 0.1) is 4.90 Å². The van der Waals surface area contributed by atoms with Crippen LogP contribution in [0.5, 0.6) is 0 Å². The molecule has 6 heteroatoms. The van der Waals surface area contributed by atoms with E-state index >= 15 is 0 Å². The van der Waals surface area contributed by atoms with Crippen LogP contribution in [-0.4, -0.2) is 57.1 Å². The smallest absolute Gasteiger partial charge is 0.243 e. The van der Waals surface area contributed by atoms with Crippen molar-refractivity contribution in [2.75, 3.05) is 33.7 Å². The summed E-state index contributed by atoms with van der Waals surface area (Å²) in [7, 11) is 0.324. The van der Waals surface area contributed by atoms with Gasteiger partial charge in [-0.25, -0.2) is 8.42 Å². The number of hydrogen-bond donors (Lipinski definition) is 0. The Morgan fingerprint density at radius 3 is 2.05 bits per heavy atom. The summed E-state index contributed by atoms with van der Waals surface area (Å²) in [6, 6.07) is 6.13. The molecule has 0 N–H and O–H groups in total. The quantitative estimate of drug-likeness (QED) is 0.687. The average Bonchev–Trinajstić information content (AvgIpc) is 2.43. The van der Waals surface area contributed by atoms with E-state index in [1.807, 2.05) is 25.9 Å². The summed E-state index contributed by atoms with van der Waals surface area (Å²) in [4.78, 5) is 13.4. The van der Waals surface area contributed by atoms with Crippen molar-refractivity contribution in [3.05, 3.63) is 29.8 Å². The van der Waals surface area contributed by atoms with E-state index in [-0.39, 0.29) is 10.7 Å². The molecule has 5 nitrogen and oxygen atoms in total. The van der Waals surface area contributed by atoms with Crippen LogP contribution in [0.25, 0.3) is 0 Å². The second kappa shape index (κ2) is 7.68. The highest BCUT2D eigenvalue weighted by Crippen LogP contribution is 2.17. The molecule has 0 aliphatic rings. The van der Waals surface area contributed by atoms with Crippen molar-refractivity contribution in [2.45, 2.75) is 25.2 Å². The predicted octanol–water partition coefficient (Wildman–Crippen LogP) is 1.85. The van der Waals surface area contributed by atoms with Crippen LogP contribution in [0.15, 0.2) is 29.2 Å². The number of ketones is 1. The third-order valence-electron chi connectivity index (χ3n) is 3.17. The summed E-state index contributed by atoms with van der Waals surface area (Å²) in [5.74, 6) is -0.0722. The maximum Gasteiger partial charge on any atom is 0.243 e. The summed E-state index contributed by atoms with van der Waals surface area (Å²) >= 11 is 0. The van der Waals surface area contributed by atoms with Gasteiger partial charge in [-0.05, 0) is 39.6 Å². The first kappa shape index (κ1) is 17.8. The van der Waals surface area contributed by atoms with Gasteiger partial charge in [0.15, 0.2) is 5.78 Å². The first-order valence-corrected chi connectivity index (χ1v) is 8.49. The van der Waals surface area contributed by atoms with Crippen LogP contribution in [0.4, 0.5) is 0 Å². The van der Waals surface area contributed by atoms with Gasteiger partial charge in [-0.2, -0.15) is 4.31 Å². The molecule has 0 atom stereocenters. The van der Waals surface area contributed by atoms with Crippen molar-refractivity contribution in [3.8, 4) is 0 Å². The van der Waals surface area contributed by atoms with E-state index in [0.717, 1.165) is 6.42 Å². The number of carbonyl (C=O) groups excluding carboxylic acids is 1. The topological polar surface area (TPSA) is 57.7 Å². The summed E-state index contributed by atoms with van der Waals surface area (Å²) in [6.07, 6.45) is 0.762. The van der Waals surface area contributed by atoms with Gasteiger partial charge >= 0.3 is 0 Å². The Hall–Kier alpha value is -1.24. The third-order valence-corrected chi connectivity index (χ3v) is 5.08. The number of Topliss-reactive ketones (excluding diaryl/α,β-unsaturated/α-hetero) is 1. The van der Waals surface area contributed by atoms with E-state index in [9.17, 15) is 13.2 Å². The Kier molecular flexibility index (Phi) is 6.51. The normalized spacial score (nSPS) is 12.1. The Labute approximate surface area is 127 Å². The molecule has 0 aliphatic carbocycles. The molecule has 118 valence electrons. The van der Waals surface area contributed by atoms with E-state index in [1.54, 1.807) is 12.1 Å². The molecule has 0 radical (unpaired) electrons. The fraction of sp³-hybridized carbons (Fsp3) is 0.533. The highest BCUT2D eigenvalue weighted by atomic mass is 32.2. The van der Waals surface area contributed by atoms with Crippen molar-refractivity contribution >= 4 is 15.8 Å². The largest absolute Gasteiger partial charge is 0.308 e. The van der Waals surface area contributed by atoms with Crippen molar-refractivity contribution in [2.24, 2.45) is 0 Å². The SMILES string of the molecule is CCCN(CCN(C)C)S(=O)(=O)c1ccc(C(C)=O)cc1. The maximum absolute atomic E-state index is 12.6. The predicted molar refractivity (Wildman–Crippen MR) is 84.1 cm³/mol. The molecule has 0 amide bonds. The monoisotopic (exact) mass is 312 g/mol. The molecular weight excluding hydrogens is 288 g/mol. The Morgan fingerprint density at radius 2 is 1.62 bits per heavy atom. The van der Waals surface area contributed by atoms with Gasteiger partial charge in [-0.15, -0.1) is 0 Å². The molecule has 0 bridgehead atoms. The number of nitrogens with zero attached hydrogens (tertiary/aromatic N) is 2. The molecule has 1 rings (SSSR count). The second-order valence-electron chi connectivity index (χ2n) is 5.29. The van der Waals surface area contributed by atoms with E-state index < -0.39 is 10.0 Å². The van der Waals surface area contributed by atoms with Crippen molar-refractivity contribution in [1.29, 1.82) is 0 Å². The molecule has 1 aromatic rings. The molecule has 0 aliphatic heterocycles. The number of carbonyl (C=O) groups is 1.